The van der Waals surface area contributed by atoms with Crippen molar-refractivity contribution in [1.82, 2.24) is 15.6 Å². The van der Waals surface area contributed by atoms with Crippen molar-refractivity contribution >= 4 is 5.91 Å². The average Bonchev–Trinajstić information content (AvgIpc) is 2.27. The Labute approximate surface area is 113 Å². The smallest absolute Gasteiger partial charge is 0.237 e. The standard InChI is InChI=1S/C14H22FN3O/c1-9(12-7-6-11(15)8-16-12)17-10(2)13(19)18-14(3,4)5/h6-10,17H,1-5H3,(H,18,19). The lowest BCUT2D eigenvalue weighted by molar-refractivity contribution is -0.124. The van der Waals surface area contributed by atoms with Crippen LogP contribution in [0.3, 0.4) is 0 Å². The van der Waals surface area contributed by atoms with Crippen molar-refractivity contribution in [2.24, 2.45) is 0 Å². The van der Waals surface area contributed by atoms with Crippen LogP contribution in [0.5, 0.6) is 0 Å². The first-order chi connectivity index (χ1) is 8.69. The number of carbonyl (C=O) groups is 1. The van der Waals surface area contributed by atoms with E-state index in [1.54, 1.807) is 13.0 Å². The number of hydrogen-bond acceptors (Lipinski definition) is 3. The average molecular weight is 267 g/mol. The fourth-order valence-corrected chi connectivity index (χ4v) is 1.66. The Morgan fingerprint density at radius 3 is 2.42 bits per heavy atom. The molecule has 0 saturated carbocycles. The molecule has 1 heterocycles. The van der Waals surface area contributed by atoms with Crippen molar-refractivity contribution in [3.8, 4) is 0 Å². The van der Waals surface area contributed by atoms with Gasteiger partial charge in [-0.2, -0.15) is 0 Å². The zero-order chi connectivity index (χ0) is 14.6. The van der Waals surface area contributed by atoms with Gasteiger partial charge in [0.1, 0.15) is 5.82 Å². The predicted molar refractivity (Wildman–Crippen MR) is 73.1 cm³/mol. The van der Waals surface area contributed by atoms with Crippen LogP contribution in [-0.2, 0) is 4.79 Å². The normalized spacial score (nSPS) is 14.8. The first kappa shape index (κ1) is 15.6. The second-order valence-electron chi connectivity index (χ2n) is 5.75. The Balaban J connectivity index is 2.59. The summed E-state index contributed by atoms with van der Waals surface area (Å²) < 4.78 is 12.8. The van der Waals surface area contributed by atoms with Crippen LogP contribution in [0.25, 0.3) is 0 Å². The van der Waals surface area contributed by atoms with Gasteiger partial charge in [0.15, 0.2) is 0 Å². The van der Waals surface area contributed by atoms with Gasteiger partial charge in [0.25, 0.3) is 0 Å². The molecular weight excluding hydrogens is 245 g/mol. The van der Waals surface area contributed by atoms with Crippen LogP contribution in [0.4, 0.5) is 4.39 Å². The quantitative estimate of drug-likeness (QED) is 0.879. The molecule has 106 valence electrons. The van der Waals surface area contributed by atoms with Crippen LogP contribution in [0.2, 0.25) is 0 Å². The SMILES string of the molecule is CC(NC(C)c1ccc(F)cn1)C(=O)NC(C)(C)C. The largest absolute Gasteiger partial charge is 0.350 e. The summed E-state index contributed by atoms with van der Waals surface area (Å²) >= 11 is 0. The third-order valence-electron chi connectivity index (χ3n) is 2.59. The van der Waals surface area contributed by atoms with Crippen molar-refractivity contribution in [3.63, 3.8) is 0 Å². The van der Waals surface area contributed by atoms with Gasteiger partial charge in [-0.1, -0.05) is 0 Å². The number of hydrogen-bond donors (Lipinski definition) is 2. The molecule has 4 nitrogen and oxygen atoms in total. The minimum absolute atomic E-state index is 0.0681. The van der Waals surface area contributed by atoms with E-state index in [1.807, 2.05) is 27.7 Å². The van der Waals surface area contributed by atoms with Gasteiger partial charge in [-0.3, -0.25) is 15.1 Å². The molecule has 0 aliphatic carbocycles. The molecule has 0 aliphatic heterocycles. The molecule has 2 N–H and O–H groups in total. The molecule has 0 fully saturated rings. The van der Waals surface area contributed by atoms with E-state index in [0.717, 1.165) is 0 Å². The van der Waals surface area contributed by atoms with Crippen molar-refractivity contribution in [1.29, 1.82) is 0 Å². The maximum atomic E-state index is 12.8. The Kier molecular flexibility index (Phi) is 5.00. The minimum atomic E-state index is -0.366. The van der Waals surface area contributed by atoms with E-state index in [2.05, 4.69) is 15.6 Å². The van der Waals surface area contributed by atoms with Gasteiger partial charge < -0.3 is 5.32 Å². The lowest BCUT2D eigenvalue weighted by Crippen LogP contribution is -2.50. The molecule has 0 spiro atoms. The lowest BCUT2D eigenvalue weighted by atomic mass is 10.1. The summed E-state index contributed by atoms with van der Waals surface area (Å²) in [5.41, 5.74) is 0.446. The van der Waals surface area contributed by atoms with E-state index in [-0.39, 0.29) is 29.3 Å². The number of aromatic nitrogens is 1. The molecule has 1 rings (SSSR count). The summed E-state index contributed by atoms with van der Waals surface area (Å²) in [5, 5.41) is 6.04. The van der Waals surface area contributed by atoms with E-state index in [0.29, 0.717) is 5.69 Å². The van der Waals surface area contributed by atoms with Crippen molar-refractivity contribution < 1.29 is 9.18 Å². The number of carbonyl (C=O) groups excluding carboxylic acids is 1. The number of rotatable bonds is 4. The molecule has 1 aromatic heterocycles. The molecule has 0 radical (unpaired) electrons. The van der Waals surface area contributed by atoms with Crippen molar-refractivity contribution in [2.45, 2.75) is 52.2 Å². The number of pyridine rings is 1. The summed E-state index contributed by atoms with van der Waals surface area (Å²) in [6.45, 7) is 9.48. The highest BCUT2D eigenvalue weighted by Crippen LogP contribution is 2.10. The van der Waals surface area contributed by atoms with Gasteiger partial charge >= 0.3 is 0 Å². The zero-order valence-electron chi connectivity index (χ0n) is 12.1. The summed E-state index contributed by atoms with van der Waals surface area (Å²) in [6.07, 6.45) is 1.17. The maximum Gasteiger partial charge on any atom is 0.237 e. The van der Waals surface area contributed by atoms with Crippen molar-refractivity contribution in [3.05, 3.63) is 29.8 Å². The monoisotopic (exact) mass is 267 g/mol. The van der Waals surface area contributed by atoms with E-state index in [4.69, 9.17) is 0 Å². The number of nitrogens with zero attached hydrogens (tertiary/aromatic N) is 1. The van der Waals surface area contributed by atoms with Gasteiger partial charge in [0.2, 0.25) is 5.91 Å². The van der Waals surface area contributed by atoms with Crippen LogP contribution >= 0.6 is 0 Å². The topological polar surface area (TPSA) is 54.0 Å². The highest BCUT2D eigenvalue weighted by Gasteiger charge is 2.21. The third-order valence-corrected chi connectivity index (χ3v) is 2.59. The van der Waals surface area contributed by atoms with Gasteiger partial charge in [-0.15, -0.1) is 0 Å². The van der Waals surface area contributed by atoms with Gasteiger partial charge in [0.05, 0.1) is 17.9 Å². The molecule has 1 aromatic rings. The highest BCUT2D eigenvalue weighted by atomic mass is 19.1. The number of halogens is 1. The molecule has 1 amide bonds. The molecule has 2 unspecified atom stereocenters. The predicted octanol–water partition coefficient (Wildman–Crippen LogP) is 2.17. The van der Waals surface area contributed by atoms with Crippen LogP contribution < -0.4 is 10.6 Å². The summed E-state index contributed by atoms with van der Waals surface area (Å²) in [5.74, 6) is -0.434. The Morgan fingerprint density at radius 2 is 1.95 bits per heavy atom. The maximum absolute atomic E-state index is 12.8. The van der Waals surface area contributed by atoms with E-state index in [1.165, 1.54) is 12.3 Å². The fraction of sp³-hybridized carbons (Fsp3) is 0.571. The number of nitrogens with one attached hydrogen (secondary N) is 2. The van der Waals surface area contributed by atoms with E-state index < -0.39 is 0 Å². The summed E-state index contributed by atoms with van der Waals surface area (Å²) in [4.78, 5) is 15.9. The van der Waals surface area contributed by atoms with Crippen LogP contribution in [0.15, 0.2) is 18.3 Å². The molecule has 19 heavy (non-hydrogen) atoms. The summed E-state index contributed by atoms with van der Waals surface area (Å²) in [6, 6.07) is 2.50. The lowest BCUT2D eigenvalue weighted by Gasteiger charge is -2.25. The first-order valence-electron chi connectivity index (χ1n) is 6.38. The van der Waals surface area contributed by atoms with E-state index in [9.17, 15) is 9.18 Å². The Morgan fingerprint density at radius 1 is 1.32 bits per heavy atom. The molecule has 2 atom stereocenters. The third kappa shape index (κ3) is 5.34. The van der Waals surface area contributed by atoms with Crippen LogP contribution in [0.1, 0.15) is 46.4 Å². The van der Waals surface area contributed by atoms with Gasteiger partial charge in [-0.05, 0) is 46.8 Å². The molecule has 0 bridgehead atoms. The summed E-state index contributed by atoms with van der Waals surface area (Å²) in [7, 11) is 0. The minimum Gasteiger partial charge on any atom is -0.350 e. The van der Waals surface area contributed by atoms with Gasteiger partial charge in [-0.25, -0.2) is 4.39 Å². The molecular formula is C14H22FN3O. The second kappa shape index (κ2) is 6.10. The zero-order valence-corrected chi connectivity index (χ0v) is 12.1. The molecule has 5 heteroatoms. The molecule has 0 aromatic carbocycles. The highest BCUT2D eigenvalue weighted by molar-refractivity contribution is 5.81. The van der Waals surface area contributed by atoms with Gasteiger partial charge in [0, 0.05) is 11.6 Å². The Bertz CT molecular complexity index is 425. The Hall–Kier alpha value is -1.49. The number of amides is 1. The van der Waals surface area contributed by atoms with Crippen molar-refractivity contribution in [2.75, 3.05) is 0 Å². The first-order valence-corrected chi connectivity index (χ1v) is 6.38. The second-order valence-corrected chi connectivity index (χ2v) is 5.75. The molecule has 0 saturated heterocycles. The molecule has 0 aliphatic rings. The van der Waals surface area contributed by atoms with Crippen LogP contribution in [0, 0.1) is 5.82 Å². The van der Waals surface area contributed by atoms with Crippen LogP contribution in [-0.4, -0.2) is 22.5 Å². The van der Waals surface area contributed by atoms with E-state index >= 15 is 0 Å². The fourth-order valence-electron chi connectivity index (χ4n) is 1.66.